The van der Waals surface area contributed by atoms with Gasteiger partial charge in [0.25, 0.3) is 11.6 Å². The number of nitrogens with one attached hydrogen (secondary N) is 1. The van der Waals surface area contributed by atoms with Gasteiger partial charge in [-0.15, -0.1) is 0 Å². The molecule has 1 aromatic rings. The first-order valence-electron chi connectivity index (χ1n) is 7.88. The Hall–Kier alpha value is -3.10. The molecule has 0 aliphatic carbocycles. The van der Waals surface area contributed by atoms with Crippen molar-refractivity contribution in [3.63, 3.8) is 0 Å². The highest BCUT2D eigenvalue weighted by atomic mass is 16.6. The molecule has 1 aromatic carbocycles. The number of hydrogen-bond donors (Lipinski definition) is 1. The predicted molar refractivity (Wildman–Crippen MR) is 93.7 cm³/mol. The average molecular weight is 363 g/mol. The largest absolute Gasteiger partial charge is 0.461 e. The zero-order chi connectivity index (χ0) is 19.9. The maximum absolute atomic E-state index is 12.1. The summed E-state index contributed by atoms with van der Waals surface area (Å²) in [6.45, 7) is 6.77. The summed E-state index contributed by atoms with van der Waals surface area (Å²) in [7, 11) is 0. The maximum Gasteiger partial charge on any atom is 0.354 e. The minimum absolute atomic E-state index is 0.00620. The Labute approximate surface area is 150 Å². The monoisotopic (exact) mass is 363 g/mol. The molecule has 0 saturated heterocycles. The van der Waals surface area contributed by atoms with Crippen molar-refractivity contribution in [1.82, 2.24) is 5.43 Å². The van der Waals surface area contributed by atoms with Crippen LogP contribution >= 0.6 is 0 Å². The first kappa shape index (κ1) is 20.9. The van der Waals surface area contributed by atoms with Crippen LogP contribution in [-0.2, 0) is 14.3 Å². The van der Waals surface area contributed by atoms with Crippen LogP contribution in [0.4, 0.5) is 5.69 Å². The van der Waals surface area contributed by atoms with E-state index in [0.717, 1.165) is 6.07 Å². The minimum atomic E-state index is -0.815. The van der Waals surface area contributed by atoms with E-state index < -0.39 is 22.2 Å². The number of ether oxygens (including phenoxy) is 1. The Morgan fingerprint density at radius 2 is 1.92 bits per heavy atom. The molecule has 9 nitrogen and oxygen atoms in total. The smallest absolute Gasteiger partial charge is 0.354 e. The number of hydrogen-bond acceptors (Lipinski definition) is 7. The quantitative estimate of drug-likeness (QED) is 0.342. The van der Waals surface area contributed by atoms with Crippen molar-refractivity contribution < 1.29 is 24.0 Å². The molecule has 0 spiro atoms. The normalized spacial score (nSPS) is 11.6. The SMILES string of the molecule is CCOC(=O)/C(CC(=O)C(C)(C)C)=N\NC(=O)c1cccc([N+](=O)[O-])c1. The van der Waals surface area contributed by atoms with E-state index in [1.807, 2.05) is 0 Å². The van der Waals surface area contributed by atoms with Crippen molar-refractivity contribution in [3.8, 4) is 0 Å². The molecule has 26 heavy (non-hydrogen) atoms. The molecular weight excluding hydrogens is 342 g/mol. The summed E-state index contributed by atoms with van der Waals surface area (Å²) >= 11 is 0. The molecule has 0 aromatic heterocycles. The number of Topliss-reactive ketones (excluding diaryl/α,β-unsaturated/α-hetero) is 1. The molecule has 0 unspecified atom stereocenters. The molecular formula is C17H21N3O6. The summed E-state index contributed by atoms with van der Waals surface area (Å²) in [5.41, 5.74) is 0.932. The number of hydrazone groups is 1. The lowest BCUT2D eigenvalue weighted by Crippen LogP contribution is -2.30. The topological polar surface area (TPSA) is 128 Å². The fraction of sp³-hybridized carbons (Fsp3) is 0.412. The third-order valence-corrected chi connectivity index (χ3v) is 3.29. The Morgan fingerprint density at radius 3 is 2.46 bits per heavy atom. The van der Waals surface area contributed by atoms with Gasteiger partial charge >= 0.3 is 5.97 Å². The van der Waals surface area contributed by atoms with Gasteiger partial charge in [0.05, 0.1) is 18.0 Å². The second-order valence-electron chi connectivity index (χ2n) is 6.38. The van der Waals surface area contributed by atoms with Crippen LogP contribution in [0.3, 0.4) is 0 Å². The number of non-ortho nitro benzene ring substituents is 1. The van der Waals surface area contributed by atoms with Crippen molar-refractivity contribution in [1.29, 1.82) is 0 Å². The number of carbonyl (C=O) groups is 3. The predicted octanol–water partition coefficient (Wildman–Crippen LogP) is 2.25. The summed E-state index contributed by atoms with van der Waals surface area (Å²) in [4.78, 5) is 46.3. The number of esters is 1. The van der Waals surface area contributed by atoms with Gasteiger partial charge in [-0.3, -0.25) is 19.7 Å². The van der Waals surface area contributed by atoms with E-state index in [-0.39, 0.29) is 35.8 Å². The number of benzene rings is 1. The lowest BCUT2D eigenvalue weighted by Gasteiger charge is -2.16. The summed E-state index contributed by atoms with van der Waals surface area (Å²) in [5, 5.41) is 14.5. The Morgan fingerprint density at radius 1 is 1.27 bits per heavy atom. The highest BCUT2D eigenvalue weighted by Gasteiger charge is 2.26. The van der Waals surface area contributed by atoms with Crippen molar-refractivity contribution >= 4 is 29.1 Å². The van der Waals surface area contributed by atoms with Gasteiger partial charge in [-0.1, -0.05) is 26.8 Å². The molecule has 9 heteroatoms. The highest BCUT2D eigenvalue weighted by molar-refractivity contribution is 6.40. The highest BCUT2D eigenvalue weighted by Crippen LogP contribution is 2.17. The lowest BCUT2D eigenvalue weighted by atomic mass is 9.88. The summed E-state index contributed by atoms with van der Waals surface area (Å²) in [5.74, 6) is -1.82. The van der Waals surface area contributed by atoms with Gasteiger partial charge in [0.1, 0.15) is 5.78 Å². The molecule has 140 valence electrons. The van der Waals surface area contributed by atoms with Crippen LogP contribution in [0, 0.1) is 15.5 Å². The third-order valence-electron chi connectivity index (χ3n) is 3.29. The van der Waals surface area contributed by atoms with E-state index in [2.05, 4.69) is 10.5 Å². The molecule has 1 rings (SSSR count). The summed E-state index contributed by atoms with van der Waals surface area (Å²) in [6, 6.07) is 5.04. The van der Waals surface area contributed by atoms with E-state index in [4.69, 9.17) is 4.74 Å². The number of nitro benzene ring substituents is 1. The molecule has 0 atom stereocenters. The molecule has 0 aliphatic heterocycles. The minimum Gasteiger partial charge on any atom is -0.461 e. The molecule has 0 bridgehead atoms. The Bertz CT molecular complexity index is 749. The van der Waals surface area contributed by atoms with Crippen molar-refractivity contribution in [2.45, 2.75) is 34.1 Å². The molecule has 0 fully saturated rings. The van der Waals surface area contributed by atoms with Gasteiger partial charge in [-0.05, 0) is 13.0 Å². The lowest BCUT2D eigenvalue weighted by molar-refractivity contribution is -0.384. The Kier molecular flexibility index (Phi) is 7.12. The number of nitrogens with zero attached hydrogens (tertiary/aromatic N) is 2. The van der Waals surface area contributed by atoms with Crippen LogP contribution in [-0.4, -0.2) is 34.9 Å². The van der Waals surface area contributed by atoms with Crippen molar-refractivity contribution in [2.75, 3.05) is 6.61 Å². The number of carbonyl (C=O) groups excluding carboxylic acids is 3. The second-order valence-corrected chi connectivity index (χ2v) is 6.38. The standard InChI is InChI=1S/C17H21N3O6/c1-5-26-16(23)13(10-14(21)17(2,3)4)18-19-15(22)11-7-6-8-12(9-11)20(24)25/h6-9H,5,10H2,1-4H3,(H,19,22)/b18-13-. The molecule has 0 aliphatic rings. The molecule has 1 amide bonds. The fourth-order valence-electron chi connectivity index (χ4n) is 1.73. The Balaban J connectivity index is 3.00. The summed E-state index contributed by atoms with van der Waals surface area (Å²) in [6.07, 6.45) is -0.308. The van der Waals surface area contributed by atoms with Gasteiger partial charge in [-0.2, -0.15) is 5.10 Å². The molecule has 0 heterocycles. The van der Waals surface area contributed by atoms with Gasteiger partial charge in [0.2, 0.25) is 0 Å². The van der Waals surface area contributed by atoms with Crippen molar-refractivity contribution in [3.05, 3.63) is 39.9 Å². The second kappa shape index (κ2) is 8.84. The molecule has 0 saturated carbocycles. The van der Waals surface area contributed by atoms with E-state index >= 15 is 0 Å². The van der Waals surface area contributed by atoms with Gasteiger partial charge in [0, 0.05) is 23.1 Å². The average Bonchev–Trinajstić information content (AvgIpc) is 2.57. The van der Waals surface area contributed by atoms with E-state index in [9.17, 15) is 24.5 Å². The van der Waals surface area contributed by atoms with Crippen LogP contribution in [0.2, 0.25) is 0 Å². The fourth-order valence-corrected chi connectivity index (χ4v) is 1.73. The number of nitro groups is 1. The van der Waals surface area contributed by atoms with Crippen LogP contribution < -0.4 is 5.43 Å². The van der Waals surface area contributed by atoms with E-state index in [1.165, 1.54) is 18.2 Å². The van der Waals surface area contributed by atoms with Crippen LogP contribution in [0.15, 0.2) is 29.4 Å². The van der Waals surface area contributed by atoms with Crippen LogP contribution in [0.25, 0.3) is 0 Å². The molecule has 1 N–H and O–H groups in total. The van der Waals surface area contributed by atoms with Crippen molar-refractivity contribution in [2.24, 2.45) is 10.5 Å². The number of amides is 1. The van der Waals surface area contributed by atoms with Gasteiger partial charge in [0.15, 0.2) is 5.71 Å². The van der Waals surface area contributed by atoms with Crippen LogP contribution in [0.5, 0.6) is 0 Å². The van der Waals surface area contributed by atoms with Gasteiger partial charge in [-0.25, -0.2) is 10.2 Å². The van der Waals surface area contributed by atoms with E-state index in [1.54, 1.807) is 27.7 Å². The number of ketones is 1. The zero-order valence-electron chi connectivity index (χ0n) is 15.1. The first-order chi connectivity index (χ1) is 12.1. The van der Waals surface area contributed by atoms with E-state index in [0.29, 0.717) is 0 Å². The first-order valence-corrected chi connectivity index (χ1v) is 7.88. The summed E-state index contributed by atoms with van der Waals surface area (Å²) < 4.78 is 4.84. The third kappa shape index (κ3) is 6.08. The zero-order valence-corrected chi connectivity index (χ0v) is 15.1. The molecule has 0 radical (unpaired) electrons. The maximum atomic E-state index is 12.1. The van der Waals surface area contributed by atoms with Gasteiger partial charge < -0.3 is 4.74 Å². The number of rotatable bonds is 7. The van der Waals surface area contributed by atoms with Crippen LogP contribution in [0.1, 0.15) is 44.5 Å².